The van der Waals surface area contributed by atoms with Crippen molar-refractivity contribution >= 4 is 11.3 Å². The molecule has 0 spiro atoms. The van der Waals surface area contributed by atoms with Crippen molar-refractivity contribution in [3.8, 4) is 5.75 Å². The summed E-state index contributed by atoms with van der Waals surface area (Å²) in [6.07, 6.45) is 1.76. The summed E-state index contributed by atoms with van der Waals surface area (Å²) in [5.41, 5.74) is 2.39. The molecule has 18 heavy (non-hydrogen) atoms. The average molecular weight is 265 g/mol. The van der Waals surface area contributed by atoms with Gasteiger partial charge in [0.2, 0.25) is 0 Å². The number of thiophene rings is 1. The molecule has 0 fully saturated rings. The Hall–Kier alpha value is -1.33. The van der Waals surface area contributed by atoms with E-state index in [4.69, 9.17) is 4.74 Å². The monoisotopic (exact) mass is 265 g/mol. The van der Waals surface area contributed by atoms with Crippen molar-refractivity contribution in [1.29, 1.82) is 0 Å². The molecule has 0 aliphatic carbocycles. The van der Waals surface area contributed by atoms with Crippen LogP contribution in [0.2, 0.25) is 0 Å². The topological polar surface area (TPSA) is 39.1 Å². The first-order valence-corrected chi connectivity index (χ1v) is 6.70. The van der Waals surface area contributed by atoms with Crippen molar-refractivity contribution in [2.45, 2.75) is 19.9 Å². The van der Waals surface area contributed by atoms with Gasteiger partial charge in [0.15, 0.2) is 5.75 Å². The summed E-state index contributed by atoms with van der Waals surface area (Å²) >= 11 is 1.81. The van der Waals surface area contributed by atoms with Crippen molar-refractivity contribution in [3.63, 3.8) is 0 Å². The van der Waals surface area contributed by atoms with Gasteiger partial charge in [0.1, 0.15) is 5.69 Å². The van der Waals surface area contributed by atoms with Gasteiger partial charge in [-0.1, -0.05) is 0 Å². The molecule has 98 valence electrons. The molecular formula is C13H19N3OS. The lowest BCUT2D eigenvalue weighted by Crippen LogP contribution is -2.20. The summed E-state index contributed by atoms with van der Waals surface area (Å²) in [6, 6.07) is 2.35. The van der Waals surface area contributed by atoms with E-state index in [-0.39, 0.29) is 6.04 Å². The average Bonchev–Trinajstić information content (AvgIpc) is 2.86. The largest absolute Gasteiger partial charge is 0.493 e. The molecule has 0 bridgehead atoms. The van der Waals surface area contributed by atoms with E-state index in [0.717, 1.165) is 11.4 Å². The van der Waals surface area contributed by atoms with Crippen LogP contribution in [0, 0.1) is 13.8 Å². The van der Waals surface area contributed by atoms with E-state index in [1.54, 1.807) is 13.3 Å². The van der Waals surface area contributed by atoms with Crippen LogP contribution in [0.25, 0.3) is 0 Å². The number of ether oxygens (including phenoxy) is 1. The molecule has 2 aromatic rings. The molecule has 0 aromatic carbocycles. The number of hydrogen-bond donors (Lipinski definition) is 1. The normalized spacial score (nSPS) is 12.7. The summed E-state index contributed by atoms with van der Waals surface area (Å²) in [7, 11) is 5.58. The molecule has 1 atom stereocenters. The molecule has 2 rings (SSSR count). The molecule has 2 heterocycles. The fourth-order valence-corrected chi connectivity index (χ4v) is 3.23. The molecule has 0 amide bonds. The molecule has 1 unspecified atom stereocenters. The van der Waals surface area contributed by atoms with Crippen LogP contribution < -0.4 is 10.1 Å². The number of aromatic nitrogens is 2. The molecule has 2 aromatic heterocycles. The maximum Gasteiger partial charge on any atom is 0.161 e. The van der Waals surface area contributed by atoms with Crippen LogP contribution in [0.5, 0.6) is 5.75 Å². The number of hydrogen-bond acceptors (Lipinski definition) is 4. The summed E-state index contributed by atoms with van der Waals surface area (Å²) < 4.78 is 7.25. The van der Waals surface area contributed by atoms with Gasteiger partial charge in [-0.2, -0.15) is 5.10 Å². The predicted octanol–water partition coefficient (Wildman–Crippen LogP) is 2.42. The zero-order valence-corrected chi connectivity index (χ0v) is 12.3. The molecule has 1 N–H and O–H groups in total. The number of nitrogens with one attached hydrogen (secondary N) is 1. The number of methoxy groups -OCH3 is 1. The Morgan fingerprint density at radius 2 is 2.17 bits per heavy atom. The lowest BCUT2D eigenvalue weighted by atomic mass is 10.1. The summed E-state index contributed by atoms with van der Waals surface area (Å²) in [6.45, 7) is 4.29. The maximum absolute atomic E-state index is 5.39. The highest BCUT2D eigenvalue weighted by Gasteiger charge is 2.22. The number of nitrogens with zero attached hydrogens (tertiary/aromatic N) is 2. The Morgan fingerprint density at radius 1 is 1.44 bits per heavy atom. The highest BCUT2D eigenvalue weighted by Crippen LogP contribution is 2.34. The first-order chi connectivity index (χ1) is 8.58. The van der Waals surface area contributed by atoms with Crippen molar-refractivity contribution in [1.82, 2.24) is 15.1 Å². The lowest BCUT2D eigenvalue weighted by molar-refractivity contribution is 0.403. The van der Waals surface area contributed by atoms with Gasteiger partial charge >= 0.3 is 0 Å². The summed E-state index contributed by atoms with van der Waals surface area (Å²) in [4.78, 5) is 2.64. The van der Waals surface area contributed by atoms with Crippen LogP contribution in [0.4, 0.5) is 0 Å². The highest BCUT2D eigenvalue weighted by atomic mass is 32.1. The molecule has 0 saturated heterocycles. The van der Waals surface area contributed by atoms with Gasteiger partial charge in [0.25, 0.3) is 0 Å². The van der Waals surface area contributed by atoms with Crippen LogP contribution in [0.1, 0.15) is 27.1 Å². The Bertz CT molecular complexity index is 525. The van der Waals surface area contributed by atoms with Gasteiger partial charge in [0.05, 0.1) is 19.3 Å². The minimum absolute atomic E-state index is 0.116. The third-order valence-corrected chi connectivity index (χ3v) is 4.42. The Kier molecular flexibility index (Phi) is 3.73. The number of rotatable bonds is 4. The molecule has 0 aliphatic heterocycles. The van der Waals surface area contributed by atoms with Gasteiger partial charge < -0.3 is 10.1 Å². The quantitative estimate of drug-likeness (QED) is 0.922. The van der Waals surface area contributed by atoms with Gasteiger partial charge in [-0.15, -0.1) is 11.3 Å². The minimum Gasteiger partial charge on any atom is -0.493 e. The van der Waals surface area contributed by atoms with Crippen molar-refractivity contribution in [2.75, 3.05) is 14.2 Å². The fourth-order valence-electron chi connectivity index (χ4n) is 2.07. The van der Waals surface area contributed by atoms with Crippen LogP contribution >= 0.6 is 11.3 Å². The molecule has 0 aliphatic rings. The Labute approximate surface area is 112 Å². The van der Waals surface area contributed by atoms with Gasteiger partial charge in [0, 0.05) is 16.8 Å². The lowest BCUT2D eigenvalue weighted by Gasteiger charge is -2.16. The van der Waals surface area contributed by atoms with Gasteiger partial charge in [-0.3, -0.25) is 4.68 Å². The minimum atomic E-state index is 0.116. The zero-order chi connectivity index (χ0) is 13.3. The molecule has 0 saturated carbocycles. The van der Waals surface area contributed by atoms with Crippen LogP contribution in [0.3, 0.4) is 0 Å². The smallest absolute Gasteiger partial charge is 0.161 e. The second kappa shape index (κ2) is 5.12. The molecule has 5 heteroatoms. The molecule has 0 radical (unpaired) electrons. The van der Waals surface area contributed by atoms with E-state index in [9.17, 15) is 0 Å². The van der Waals surface area contributed by atoms with E-state index in [2.05, 4.69) is 30.3 Å². The van der Waals surface area contributed by atoms with Crippen molar-refractivity contribution in [2.24, 2.45) is 7.05 Å². The van der Waals surface area contributed by atoms with Gasteiger partial charge in [-0.05, 0) is 32.5 Å². The highest BCUT2D eigenvalue weighted by molar-refractivity contribution is 7.12. The molecule has 4 nitrogen and oxygen atoms in total. The van der Waals surface area contributed by atoms with E-state index in [0.29, 0.717) is 0 Å². The Morgan fingerprint density at radius 3 is 2.67 bits per heavy atom. The van der Waals surface area contributed by atoms with E-state index in [1.807, 2.05) is 30.1 Å². The SMILES string of the molecule is CNC(c1cc(C)c(C)s1)c1c(OC)cnn1C. The summed E-state index contributed by atoms with van der Waals surface area (Å²) in [5, 5.41) is 7.61. The maximum atomic E-state index is 5.39. The van der Waals surface area contributed by atoms with Crippen molar-refractivity contribution in [3.05, 3.63) is 33.3 Å². The Balaban J connectivity index is 2.47. The van der Waals surface area contributed by atoms with Crippen LogP contribution in [-0.2, 0) is 7.05 Å². The molecular weight excluding hydrogens is 246 g/mol. The summed E-state index contributed by atoms with van der Waals surface area (Å²) in [5.74, 6) is 0.820. The van der Waals surface area contributed by atoms with Crippen molar-refractivity contribution < 1.29 is 4.74 Å². The van der Waals surface area contributed by atoms with Crippen LogP contribution in [0.15, 0.2) is 12.3 Å². The second-order valence-electron chi connectivity index (χ2n) is 4.33. The first-order valence-electron chi connectivity index (χ1n) is 5.88. The van der Waals surface area contributed by atoms with E-state index >= 15 is 0 Å². The van der Waals surface area contributed by atoms with Gasteiger partial charge in [-0.25, -0.2) is 0 Å². The van der Waals surface area contributed by atoms with Crippen LogP contribution in [-0.4, -0.2) is 23.9 Å². The van der Waals surface area contributed by atoms with E-state index < -0.39 is 0 Å². The third kappa shape index (κ3) is 2.15. The first kappa shape index (κ1) is 13.1. The zero-order valence-electron chi connectivity index (χ0n) is 11.4. The second-order valence-corrected chi connectivity index (χ2v) is 5.62. The fraction of sp³-hybridized carbons (Fsp3) is 0.462. The van der Waals surface area contributed by atoms with E-state index in [1.165, 1.54) is 15.3 Å². The third-order valence-electron chi connectivity index (χ3n) is 3.20. The number of aryl methyl sites for hydroxylation is 3. The standard InChI is InChI=1S/C13H19N3OS/c1-8-6-11(18-9(8)2)12(14-3)13-10(17-5)7-15-16(13)4/h6-7,12,14H,1-5H3. The predicted molar refractivity (Wildman–Crippen MR) is 74.5 cm³/mol.